The minimum absolute atomic E-state index is 0.0117. The zero-order chi connectivity index (χ0) is 24.8. The van der Waals surface area contributed by atoms with Crippen LogP contribution in [0, 0.1) is 17.3 Å². The molecule has 2 aromatic rings. The Morgan fingerprint density at radius 2 is 1.66 bits per heavy atom. The number of phenols is 1. The summed E-state index contributed by atoms with van der Waals surface area (Å²) in [5, 5.41) is 13.7. The maximum atomic E-state index is 13.8. The monoisotopic (exact) mass is 474 g/mol. The van der Waals surface area contributed by atoms with Gasteiger partial charge in [0, 0.05) is 36.4 Å². The third-order valence-electron chi connectivity index (χ3n) is 9.67. The quantitative estimate of drug-likeness (QED) is 0.658. The Hall–Kier alpha value is -2.82. The van der Waals surface area contributed by atoms with Crippen LogP contribution in [0.2, 0.25) is 0 Å². The lowest BCUT2D eigenvalue weighted by atomic mass is 9.51. The predicted molar refractivity (Wildman–Crippen MR) is 137 cm³/mol. The van der Waals surface area contributed by atoms with E-state index in [1.165, 1.54) is 5.56 Å². The molecule has 0 aromatic heterocycles. The molecule has 2 bridgehead atoms. The average Bonchev–Trinajstić information content (AvgIpc) is 2.85. The van der Waals surface area contributed by atoms with Crippen molar-refractivity contribution < 1.29 is 14.7 Å². The molecule has 5 rings (SSSR count). The highest BCUT2D eigenvalue weighted by molar-refractivity contribution is 5.82. The highest BCUT2D eigenvalue weighted by Crippen LogP contribution is 2.57. The van der Waals surface area contributed by atoms with Gasteiger partial charge in [0.15, 0.2) is 0 Å². The molecule has 35 heavy (non-hydrogen) atoms. The van der Waals surface area contributed by atoms with Gasteiger partial charge in [0.05, 0.1) is 0 Å². The first-order chi connectivity index (χ1) is 16.7. The summed E-state index contributed by atoms with van der Waals surface area (Å²) < 4.78 is 0. The summed E-state index contributed by atoms with van der Waals surface area (Å²) in [6, 6.07) is 15.9. The summed E-state index contributed by atoms with van der Waals surface area (Å²) >= 11 is 0. The van der Waals surface area contributed by atoms with Crippen molar-refractivity contribution in [3.8, 4) is 5.75 Å². The molecule has 2 aliphatic carbocycles. The highest BCUT2D eigenvalue weighted by Gasteiger charge is 2.57. The van der Waals surface area contributed by atoms with Crippen LogP contribution >= 0.6 is 0 Å². The zero-order valence-corrected chi connectivity index (χ0v) is 21.2. The number of carbonyl (C=O) groups is 2. The molecule has 3 aliphatic rings. The molecule has 2 aromatic carbocycles. The lowest BCUT2D eigenvalue weighted by molar-refractivity contribution is -0.150. The van der Waals surface area contributed by atoms with E-state index in [4.69, 9.17) is 0 Å². The fraction of sp³-hybridized carbons (Fsp3) is 0.533. The molecular formula is C30H38N2O3. The molecule has 2 amide bonds. The number of phenolic OH excluding ortho intramolecular Hbond substituents is 1. The molecule has 2 N–H and O–H groups in total. The van der Waals surface area contributed by atoms with Gasteiger partial charge < -0.3 is 15.3 Å². The Kier molecular flexibility index (Phi) is 6.14. The minimum Gasteiger partial charge on any atom is -0.508 e. The topological polar surface area (TPSA) is 69.6 Å². The Morgan fingerprint density at radius 3 is 2.37 bits per heavy atom. The molecule has 1 aliphatic heterocycles. The number of nitrogens with zero attached hydrogens (tertiary/aromatic N) is 1. The summed E-state index contributed by atoms with van der Waals surface area (Å²) in [6.07, 6.45) is 4.67. The fourth-order valence-electron chi connectivity index (χ4n) is 6.96. The first-order valence-electron chi connectivity index (χ1n) is 13.2. The van der Waals surface area contributed by atoms with E-state index in [2.05, 4.69) is 37.1 Å². The third kappa shape index (κ3) is 4.03. The lowest BCUT2D eigenvalue weighted by Crippen LogP contribution is -2.65. The second kappa shape index (κ2) is 9.00. The maximum absolute atomic E-state index is 13.8. The minimum atomic E-state index is -0.0871. The third-order valence-corrected chi connectivity index (χ3v) is 9.67. The van der Waals surface area contributed by atoms with E-state index >= 15 is 0 Å². The molecule has 0 spiro atoms. The van der Waals surface area contributed by atoms with E-state index in [-0.39, 0.29) is 40.5 Å². The maximum Gasteiger partial charge on any atom is 0.225 e. The van der Waals surface area contributed by atoms with E-state index in [1.807, 2.05) is 36.4 Å². The number of benzene rings is 2. The largest absolute Gasteiger partial charge is 0.508 e. The van der Waals surface area contributed by atoms with Crippen LogP contribution in [0.25, 0.3) is 0 Å². The van der Waals surface area contributed by atoms with Gasteiger partial charge in [0.25, 0.3) is 0 Å². The van der Waals surface area contributed by atoms with Crippen LogP contribution < -0.4 is 5.32 Å². The molecule has 2 atom stereocenters. The standard InChI is InChI=1S/C30H38N2O3/c1-29(2)26-18-23-24(10-7-11-25(23)33)30(29,3)16-17-32(26)28(35)22-14-12-21(13-15-22)27(34)31-19-20-8-5-4-6-9-20/h4-11,21-22,26,33H,12-19H2,1-3H3,(H,31,34)/t21?,22?,26-,30+/m1/s1. The van der Waals surface area contributed by atoms with Gasteiger partial charge in [-0.1, -0.05) is 63.2 Å². The van der Waals surface area contributed by atoms with Gasteiger partial charge in [-0.3, -0.25) is 9.59 Å². The van der Waals surface area contributed by atoms with Crippen molar-refractivity contribution in [2.45, 2.75) is 77.3 Å². The Morgan fingerprint density at radius 1 is 0.971 bits per heavy atom. The SMILES string of the molecule is CC1(C)[C@H]2Cc3c(O)cccc3[C@]1(C)CCN2C(=O)C1CCC(C(=O)NCc2ccccc2)CC1. The summed E-state index contributed by atoms with van der Waals surface area (Å²) in [6.45, 7) is 8.20. The molecule has 1 saturated heterocycles. The van der Waals surface area contributed by atoms with Crippen LogP contribution in [0.1, 0.15) is 69.6 Å². The van der Waals surface area contributed by atoms with Crippen molar-refractivity contribution in [1.29, 1.82) is 0 Å². The van der Waals surface area contributed by atoms with Crippen LogP contribution in [0.15, 0.2) is 48.5 Å². The summed E-state index contributed by atoms with van der Waals surface area (Å²) in [4.78, 5) is 28.6. The number of likely N-dealkylation sites (tertiary alicyclic amines) is 1. The second-order valence-corrected chi connectivity index (χ2v) is 11.6. The van der Waals surface area contributed by atoms with Crippen molar-refractivity contribution in [2.24, 2.45) is 17.3 Å². The molecule has 186 valence electrons. The molecular weight excluding hydrogens is 436 g/mol. The van der Waals surface area contributed by atoms with Gasteiger partial charge >= 0.3 is 0 Å². The van der Waals surface area contributed by atoms with Gasteiger partial charge in [-0.2, -0.15) is 0 Å². The zero-order valence-electron chi connectivity index (χ0n) is 21.2. The number of aromatic hydroxyl groups is 1. The summed E-state index contributed by atoms with van der Waals surface area (Å²) in [5.41, 5.74) is 3.19. The molecule has 2 fully saturated rings. The van der Waals surface area contributed by atoms with E-state index in [1.54, 1.807) is 6.07 Å². The first-order valence-corrected chi connectivity index (χ1v) is 13.2. The number of rotatable bonds is 4. The van der Waals surface area contributed by atoms with Crippen molar-refractivity contribution in [3.05, 3.63) is 65.2 Å². The smallest absolute Gasteiger partial charge is 0.225 e. The second-order valence-electron chi connectivity index (χ2n) is 11.6. The summed E-state index contributed by atoms with van der Waals surface area (Å²) in [7, 11) is 0. The fourth-order valence-corrected chi connectivity index (χ4v) is 6.96. The first kappa shape index (κ1) is 23.9. The number of piperidine rings is 1. The predicted octanol–water partition coefficient (Wildman–Crippen LogP) is 4.96. The molecule has 0 radical (unpaired) electrons. The molecule has 5 nitrogen and oxygen atoms in total. The Balaban J connectivity index is 1.24. The van der Waals surface area contributed by atoms with Crippen molar-refractivity contribution in [1.82, 2.24) is 10.2 Å². The van der Waals surface area contributed by atoms with Crippen LogP contribution in [-0.4, -0.2) is 34.4 Å². The number of hydrogen-bond donors (Lipinski definition) is 2. The van der Waals surface area contributed by atoms with E-state index in [0.717, 1.165) is 49.8 Å². The molecule has 0 unspecified atom stereocenters. The van der Waals surface area contributed by atoms with Gasteiger partial charge in [-0.25, -0.2) is 0 Å². The molecule has 5 heteroatoms. The molecule has 1 saturated carbocycles. The number of nitrogens with one attached hydrogen (secondary N) is 1. The van der Waals surface area contributed by atoms with Gasteiger partial charge in [0.1, 0.15) is 5.75 Å². The van der Waals surface area contributed by atoms with Crippen LogP contribution in [0.4, 0.5) is 0 Å². The Labute approximate surface area is 208 Å². The summed E-state index contributed by atoms with van der Waals surface area (Å²) in [5.74, 6) is 0.674. The van der Waals surface area contributed by atoms with E-state index in [0.29, 0.717) is 18.7 Å². The number of amides is 2. The highest BCUT2D eigenvalue weighted by atomic mass is 16.3. The normalized spacial score (nSPS) is 29.2. The van der Waals surface area contributed by atoms with E-state index < -0.39 is 0 Å². The average molecular weight is 475 g/mol. The lowest BCUT2D eigenvalue weighted by Gasteiger charge is -2.61. The van der Waals surface area contributed by atoms with Crippen molar-refractivity contribution in [2.75, 3.05) is 6.54 Å². The number of hydrogen-bond acceptors (Lipinski definition) is 3. The van der Waals surface area contributed by atoms with Gasteiger partial charge in [-0.05, 0) is 66.7 Å². The van der Waals surface area contributed by atoms with Gasteiger partial charge in [-0.15, -0.1) is 0 Å². The van der Waals surface area contributed by atoms with Crippen LogP contribution in [-0.2, 0) is 28.0 Å². The van der Waals surface area contributed by atoms with Gasteiger partial charge in [0.2, 0.25) is 11.8 Å². The molecule has 1 heterocycles. The van der Waals surface area contributed by atoms with Crippen LogP contribution in [0.3, 0.4) is 0 Å². The van der Waals surface area contributed by atoms with Crippen molar-refractivity contribution in [3.63, 3.8) is 0 Å². The van der Waals surface area contributed by atoms with E-state index in [9.17, 15) is 14.7 Å². The van der Waals surface area contributed by atoms with Crippen LogP contribution in [0.5, 0.6) is 5.75 Å². The Bertz CT molecular complexity index is 1100. The van der Waals surface area contributed by atoms with Crippen molar-refractivity contribution >= 4 is 11.8 Å². The number of fused-ring (bicyclic) bond motifs is 4. The number of carbonyl (C=O) groups excluding carboxylic acids is 2.